The Morgan fingerprint density at radius 2 is 1.22 bits per heavy atom. The molecule has 4 atom stereocenters. The minimum absolute atomic E-state index is 0.00600. The molecule has 10 heteroatoms. The van der Waals surface area contributed by atoms with Crippen molar-refractivity contribution in [2.75, 3.05) is 6.61 Å². The van der Waals surface area contributed by atoms with Crippen LogP contribution in [0.25, 0.3) is 0 Å². The van der Waals surface area contributed by atoms with Crippen LogP contribution >= 0.6 is 15.9 Å². The van der Waals surface area contributed by atoms with Gasteiger partial charge in [0.1, 0.15) is 18.5 Å². The van der Waals surface area contributed by atoms with Crippen molar-refractivity contribution in [1.82, 2.24) is 0 Å². The van der Waals surface area contributed by atoms with Crippen LogP contribution < -0.4 is 0 Å². The summed E-state index contributed by atoms with van der Waals surface area (Å²) < 4.78 is 29.4. The summed E-state index contributed by atoms with van der Waals surface area (Å²) in [4.78, 5) is 50.5. The maximum atomic E-state index is 13.2. The van der Waals surface area contributed by atoms with E-state index < -0.39 is 42.3 Å². The molecule has 5 rings (SSSR count). The van der Waals surface area contributed by atoms with E-state index >= 15 is 0 Å². The molecule has 0 aliphatic carbocycles. The molecule has 1 saturated heterocycles. The maximum Gasteiger partial charge on any atom is 0.338 e. The third-order valence-electron chi connectivity index (χ3n) is 6.32. The number of furan rings is 1. The fourth-order valence-corrected chi connectivity index (χ4v) is 4.73. The second-order valence-electron chi connectivity index (χ2n) is 9.01. The second-order valence-corrected chi connectivity index (χ2v) is 9.86. The van der Waals surface area contributed by atoms with E-state index in [0.29, 0.717) is 16.3 Å². The predicted molar refractivity (Wildman–Crippen MR) is 147 cm³/mol. The molecule has 1 aliphatic heterocycles. The van der Waals surface area contributed by atoms with Crippen LogP contribution in [0.1, 0.15) is 53.5 Å². The van der Waals surface area contributed by atoms with E-state index in [0.717, 1.165) is 0 Å². The van der Waals surface area contributed by atoms with Crippen molar-refractivity contribution in [3.63, 3.8) is 0 Å². The average molecular weight is 619 g/mol. The number of aldehydes is 1. The molecule has 3 aromatic carbocycles. The summed E-state index contributed by atoms with van der Waals surface area (Å²) in [6.45, 7) is -0.335. The van der Waals surface area contributed by atoms with Gasteiger partial charge < -0.3 is 23.4 Å². The number of ether oxygens (including phenoxy) is 4. The monoisotopic (exact) mass is 618 g/mol. The van der Waals surface area contributed by atoms with Crippen molar-refractivity contribution in [1.29, 1.82) is 0 Å². The van der Waals surface area contributed by atoms with Gasteiger partial charge in [-0.2, -0.15) is 0 Å². The van der Waals surface area contributed by atoms with Gasteiger partial charge in [-0.05, 0) is 58.4 Å². The fourth-order valence-electron chi connectivity index (χ4n) is 4.33. The molecule has 0 spiro atoms. The Kier molecular flexibility index (Phi) is 8.71. The van der Waals surface area contributed by atoms with Gasteiger partial charge in [0.25, 0.3) is 0 Å². The number of hydrogen-bond acceptors (Lipinski definition) is 9. The first kappa shape index (κ1) is 28.0. The Bertz CT molecular complexity index is 1520. The molecule has 1 fully saturated rings. The Morgan fingerprint density at radius 1 is 0.732 bits per heavy atom. The highest BCUT2D eigenvalue weighted by atomic mass is 79.9. The number of benzene rings is 3. The molecular formula is C31H23BrO9. The first-order valence-electron chi connectivity index (χ1n) is 12.6. The van der Waals surface area contributed by atoms with Gasteiger partial charge in [-0.25, -0.2) is 14.4 Å². The summed E-state index contributed by atoms with van der Waals surface area (Å²) in [5.74, 6) is -1.88. The topological polar surface area (TPSA) is 118 Å². The van der Waals surface area contributed by atoms with E-state index in [4.69, 9.17) is 23.4 Å². The standard InChI is InChI=1S/C31H23BrO9/c32-22-16-23(38-24(22)17-33)26-28(41-31(36)21-14-8-3-9-15-21)27(40-30(35)20-12-6-2-7-13-20)25(39-26)18-37-29(34)19-10-4-1-5-11-19/h1-17,25-28H,18H2/t25-,26+,27-,28+/m1/s1. The average Bonchev–Trinajstić information content (AvgIpc) is 3.56. The second kappa shape index (κ2) is 12.8. The van der Waals surface area contributed by atoms with Gasteiger partial charge in [0.2, 0.25) is 0 Å². The van der Waals surface area contributed by atoms with Crippen molar-refractivity contribution < 1.29 is 42.5 Å². The van der Waals surface area contributed by atoms with Gasteiger partial charge in [0, 0.05) is 0 Å². The van der Waals surface area contributed by atoms with Crippen LogP contribution in [0.5, 0.6) is 0 Å². The van der Waals surface area contributed by atoms with Crippen LogP contribution in [0.3, 0.4) is 0 Å². The third-order valence-corrected chi connectivity index (χ3v) is 6.94. The lowest BCUT2D eigenvalue weighted by molar-refractivity contribution is -0.0463. The van der Waals surface area contributed by atoms with Gasteiger partial charge >= 0.3 is 17.9 Å². The molecule has 1 aromatic heterocycles. The van der Waals surface area contributed by atoms with Crippen LogP contribution in [0.4, 0.5) is 0 Å². The lowest BCUT2D eigenvalue weighted by atomic mass is 10.0. The highest BCUT2D eigenvalue weighted by Crippen LogP contribution is 2.40. The maximum absolute atomic E-state index is 13.2. The molecule has 0 bridgehead atoms. The molecule has 0 radical (unpaired) electrons. The highest BCUT2D eigenvalue weighted by Gasteiger charge is 2.52. The minimum atomic E-state index is -1.23. The van der Waals surface area contributed by atoms with Gasteiger partial charge in [0.05, 0.1) is 21.2 Å². The number of hydrogen-bond donors (Lipinski definition) is 0. The van der Waals surface area contributed by atoms with Gasteiger partial charge in [-0.1, -0.05) is 54.6 Å². The summed E-state index contributed by atoms with van der Waals surface area (Å²) >= 11 is 3.27. The molecule has 0 saturated carbocycles. The summed E-state index contributed by atoms with van der Waals surface area (Å²) in [7, 11) is 0. The number of carbonyl (C=O) groups is 4. The van der Waals surface area contributed by atoms with E-state index in [2.05, 4.69) is 15.9 Å². The number of rotatable bonds is 9. The van der Waals surface area contributed by atoms with E-state index in [1.165, 1.54) is 6.07 Å². The SMILES string of the molecule is O=Cc1oc([C@@H]2O[C@H](COC(=O)c3ccccc3)[C@@H](OC(=O)c3ccccc3)[C@H]2OC(=O)c2ccccc2)cc1Br. The Labute approximate surface area is 243 Å². The minimum Gasteiger partial charge on any atom is -0.459 e. The van der Waals surface area contributed by atoms with Gasteiger partial charge in [-0.3, -0.25) is 4.79 Å². The van der Waals surface area contributed by atoms with E-state index in [1.54, 1.807) is 91.0 Å². The third kappa shape index (κ3) is 6.45. The van der Waals surface area contributed by atoms with Crippen molar-refractivity contribution in [3.05, 3.63) is 130 Å². The van der Waals surface area contributed by atoms with Crippen LogP contribution in [0.2, 0.25) is 0 Å². The molecule has 1 aliphatic rings. The highest BCUT2D eigenvalue weighted by molar-refractivity contribution is 9.10. The van der Waals surface area contributed by atoms with Crippen molar-refractivity contribution in [2.45, 2.75) is 24.4 Å². The molecule has 41 heavy (non-hydrogen) atoms. The van der Waals surface area contributed by atoms with E-state index in [-0.39, 0.29) is 29.3 Å². The lowest BCUT2D eigenvalue weighted by Crippen LogP contribution is -2.40. The molecule has 0 unspecified atom stereocenters. The van der Waals surface area contributed by atoms with Crippen molar-refractivity contribution in [2.24, 2.45) is 0 Å². The smallest absolute Gasteiger partial charge is 0.338 e. The van der Waals surface area contributed by atoms with Crippen LogP contribution in [-0.4, -0.2) is 49.1 Å². The first-order valence-corrected chi connectivity index (χ1v) is 13.4. The zero-order valence-corrected chi connectivity index (χ0v) is 23.0. The fraction of sp³-hybridized carbons (Fsp3) is 0.161. The lowest BCUT2D eigenvalue weighted by Gasteiger charge is -2.24. The van der Waals surface area contributed by atoms with Gasteiger partial charge in [-0.15, -0.1) is 0 Å². The number of carbonyl (C=O) groups excluding carboxylic acids is 4. The van der Waals surface area contributed by atoms with Gasteiger partial charge in [0.15, 0.2) is 30.4 Å². The normalized spacial score (nSPS) is 19.7. The molecule has 208 valence electrons. The van der Waals surface area contributed by atoms with Crippen molar-refractivity contribution >= 4 is 40.1 Å². The van der Waals surface area contributed by atoms with E-state index in [1.807, 2.05) is 0 Å². The summed E-state index contributed by atoms with van der Waals surface area (Å²) in [6.07, 6.45) is -4.10. The summed E-state index contributed by atoms with van der Waals surface area (Å²) in [6, 6.07) is 26.4. The Morgan fingerprint density at radius 3 is 1.71 bits per heavy atom. The van der Waals surface area contributed by atoms with Crippen molar-refractivity contribution in [3.8, 4) is 0 Å². The van der Waals surface area contributed by atoms with Crippen LogP contribution in [0, 0.1) is 0 Å². The molecule has 9 nitrogen and oxygen atoms in total. The Balaban J connectivity index is 1.48. The molecule has 2 heterocycles. The zero-order valence-electron chi connectivity index (χ0n) is 21.4. The number of esters is 3. The van der Waals surface area contributed by atoms with Crippen LogP contribution in [-0.2, 0) is 18.9 Å². The largest absolute Gasteiger partial charge is 0.459 e. The van der Waals surface area contributed by atoms with E-state index in [9.17, 15) is 19.2 Å². The number of halogens is 1. The summed E-state index contributed by atoms with van der Waals surface area (Å²) in [5.41, 5.74) is 0.832. The summed E-state index contributed by atoms with van der Waals surface area (Å²) in [5, 5.41) is 0. The molecular weight excluding hydrogens is 596 g/mol. The molecule has 0 N–H and O–H groups in total. The van der Waals surface area contributed by atoms with Crippen LogP contribution in [0.15, 0.2) is 106 Å². The first-order chi connectivity index (χ1) is 19.9. The Hall–Kier alpha value is -4.54. The predicted octanol–water partition coefficient (Wildman–Crippen LogP) is 5.60. The molecule has 4 aromatic rings. The molecule has 0 amide bonds. The zero-order chi connectivity index (χ0) is 28.8. The quantitative estimate of drug-likeness (QED) is 0.134.